The Hall–Kier alpha value is -2.51. The molecule has 100 valence electrons. The molecule has 1 rings (SSSR count). The normalized spacial score (nSPS) is 10.5. The van der Waals surface area contributed by atoms with Gasteiger partial charge in [-0.3, -0.25) is 19.5 Å². The zero-order valence-corrected chi connectivity index (χ0v) is 10.0. The second kappa shape index (κ2) is 5.42. The molecule has 0 atom stereocenters. The number of benzene rings is 1. The summed E-state index contributed by atoms with van der Waals surface area (Å²) in [5.41, 5.74) is -0.973. The number of carbonyl (C=O) groups excluding carboxylic acids is 1. The van der Waals surface area contributed by atoms with E-state index in [-0.39, 0.29) is 5.69 Å². The second-order valence-electron chi connectivity index (χ2n) is 3.29. The molecule has 1 aromatic rings. The number of nitro groups is 1. The van der Waals surface area contributed by atoms with Crippen LogP contribution < -0.4 is 5.32 Å². The Morgan fingerprint density at radius 3 is 2.63 bits per heavy atom. The molecule has 0 bridgehead atoms. The summed E-state index contributed by atoms with van der Waals surface area (Å²) in [6.07, 6.45) is -0.503. The van der Waals surface area contributed by atoms with Gasteiger partial charge in [-0.15, -0.1) is 0 Å². The van der Waals surface area contributed by atoms with Crippen LogP contribution in [0.1, 0.15) is 6.42 Å². The molecule has 0 unspecified atom stereocenters. The molecule has 0 aromatic heterocycles. The van der Waals surface area contributed by atoms with Crippen molar-refractivity contribution in [3.05, 3.63) is 28.3 Å². The molecular weight excluding hydrogens is 278 g/mol. The Labute approximate surface area is 107 Å². The van der Waals surface area contributed by atoms with E-state index in [1.165, 1.54) is 0 Å². The topological polar surface area (TPSA) is 150 Å². The number of amides is 1. The zero-order valence-electron chi connectivity index (χ0n) is 9.23. The van der Waals surface area contributed by atoms with E-state index in [2.05, 4.69) is 5.32 Å². The van der Waals surface area contributed by atoms with Crippen LogP contribution in [0, 0.1) is 21.4 Å². The number of nitriles is 1. The Kier molecular flexibility index (Phi) is 4.15. The molecule has 0 spiro atoms. The van der Waals surface area contributed by atoms with E-state index in [4.69, 9.17) is 9.81 Å². The van der Waals surface area contributed by atoms with Gasteiger partial charge >= 0.3 is 0 Å². The van der Waals surface area contributed by atoms with E-state index in [0.29, 0.717) is 6.07 Å². The highest BCUT2D eigenvalue weighted by atomic mass is 32.2. The number of nitrogens with one attached hydrogen (secondary N) is 1. The predicted molar refractivity (Wildman–Crippen MR) is 61.8 cm³/mol. The van der Waals surface area contributed by atoms with Crippen LogP contribution >= 0.6 is 0 Å². The molecule has 1 amide bonds. The maximum absolute atomic E-state index is 11.1. The van der Waals surface area contributed by atoms with Crippen LogP contribution in [0.15, 0.2) is 23.1 Å². The van der Waals surface area contributed by atoms with Crippen LogP contribution in [0.4, 0.5) is 11.4 Å². The monoisotopic (exact) mass is 285 g/mol. The van der Waals surface area contributed by atoms with Crippen molar-refractivity contribution in [2.45, 2.75) is 11.3 Å². The molecule has 0 aliphatic rings. The Morgan fingerprint density at radius 1 is 1.53 bits per heavy atom. The summed E-state index contributed by atoms with van der Waals surface area (Å²) >= 11 is 0. The van der Waals surface area contributed by atoms with Gasteiger partial charge in [-0.1, -0.05) is 0 Å². The van der Waals surface area contributed by atoms with Gasteiger partial charge in [-0.05, 0) is 12.1 Å². The third kappa shape index (κ3) is 3.73. The molecule has 0 saturated carbocycles. The summed E-state index contributed by atoms with van der Waals surface area (Å²) in [6, 6.07) is 4.01. The molecular formula is C9H7N3O6S. The molecule has 10 heteroatoms. The van der Waals surface area contributed by atoms with Crippen molar-refractivity contribution in [2.75, 3.05) is 5.32 Å². The van der Waals surface area contributed by atoms with Gasteiger partial charge in [0.2, 0.25) is 5.91 Å². The lowest BCUT2D eigenvalue weighted by molar-refractivity contribution is -0.384. The molecule has 0 fully saturated rings. The van der Waals surface area contributed by atoms with Crippen molar-refractivity contribution in [1.29, 1.82) is 5.26 Å². The van der Waals surface area contributed by atoms with Crippen LogP contribution in [0.25, 0.3) is 0 Å². The first-order valence-electron chi connectivity index (χ1n) is 4.68. The van der Waals surface area contributed by atoms with Gasteiger partial charge in [0.1, 0.15) is 17.0 Å². The molecule has 19 heavy (non-hydrogen) atoms. The van der Waals surface area contributed by atoms with Gasteiger partial charge in [0.05, 0.1) is 11.0 Å². The number of rotatable bonds is 4. The largest absolute Gasteiger partial charge is 0.319 e. The van der Waals surface area contributed by atoms with Crippen molar-refractivity contribution < 1.29 is 22.7 Å². The Bertz CT molecular complexity index is 676. The fourth-order valence-electron chi connectivity index (χ4n) is 1.19. The van der Waals surface area contributed by atoms with E-state index >= 15 is 0 Å². The van der Waals surface area contributed by atoms with E-state index in [1.807, 2.05) is 0 Å². The van der Waals surface area contributed by atoms with Gasteiger partial charge in [0.25, 0.3) is 15.8 Å². The maximum Gasteiger partial charge on any atom is 0.294 e. The third-order valence-electron chi connectivity index (χ3n) is 1.98. The highest BCUT2D eigenvalue weighted by Crippen LogP contribution is 2.27. The molecule has 9 nitrogen and oxygen atoms in total. The van der Waals surface area contributed by atoms with Crippen molar-refractivity contribution in [2.24, 2.45) is 0 Å². The number of anilines is 1. The number of nitro benzene ring substituents is 1. The number of nitrogens with zero attached hydrogens (tertiary/aromatic N) is 2. The quantitative estimate of drug-likeness (QED) is 0.469. The standard InChI is InChI=1S/C9H7N3O6S/c10-4-3-9(13)11-7-2-1-6(19(16,17)18)5-8(7)12(14)15/h1-2,5H,3H2,(H,11,13)(H,16,17,18). The van der Waals surface area contributed by atoms with Crippen LogP contribution in [0.2, 0.25) is 0 Å². The maximum atomic E-state index is 11.1. The molecule has 0 saturated heterocycles. The van der Waals surface area contributed by atoms with Gasteiger partial charge in [-0.2, -0.15) is 13.7 Å². The van der Waals surface area contributed by atoms with Crippen LogP contribution in [0.5, 0.6) is 0 Å². The van der Waals surface area contributed by atoms with Crippen LogP contribution in [0.3, 0.4) is 0 Å². The SMILES string of the molecule is N#CCC(=O)Nc1ccc(S(=O)(=O)O)cc1[N+](=O)[O-]. The summed E-state index contributed by atoms with van der Waals surface area (Å²) in [5, 5.41) is 21.1. The van der Waals surface area contributed by atoms with Crippen molar-refractivity contribution >= 4 is 27.4 Å². The number of hydrogen-bond donors (Lipinski definition) is 2. The van der Waals surface area contributed by atoms with Gasteiger partial charge in [-0.25, -0.2) is 0 Å². The van der Waals surface area contributed by atoms with Crippen molar-refractivity contribution in [3.8, 4) is 6.07 Å². The first kappa shape index (κ1) is 14.6. The second-order valence-corrected chi connectivity index (χ2v) is 4.72. The summed E-state index contributed by atoms with van der Waals surface area (Å²) in [4.78, 5) is 20.3. The minimum absolute atomic E-state index is 0.266. The average Bonchev–Trinajstić information content (AvgIpc) is 2.27. The van der Waals surface area contributed by atoms with E-state index in [1.54, 1.807) is 6.07 Å². The van der Waals surface area contributed by atoms with Gasteiger partial charge < -0.3 is 5.32 Å². The fourth-order valence-corrected chi connectivity index (χ4v) is 1.70. The zero-order chi connectivity index (χ0) is 14.6. The average molecular weight is 285 g/mol. The molecule has 0 aliphatic carbocycles. The van der Waals surface area contributed by atoms with E-state index in [0.717, 1.165) is 12.1 Å². The van der Waals surface area contributed by atoms with Crippen LogP contribution in [-0.2, 0) is 14.9 Å². The molecule has 0 radical (unpaired) electrons. The molecule has 0 heterocycles. The van der Waals surface area contributed by atoms with Crippen molar-refractivity contribution in [3.63, 3.8) is 0 Å². The highest BCUT2D eigenvalue weighted by molar-refractivity contribution is 7.85. The summed E-state index contributed by atoms with van der Waals surface area (Å²) in [5.74, 6) is -0.773. The third-order valence-corrected chi connectivity index (χ3v) is 2.83. The van der Waals surface area contributed by atoms with E-state index < -0.39 is 38.0 Å². The number of carbonyl (C=O) groups is 1. The Morgan fingerprint density at radius 2 is 2.16 bits per heavy atom. The minimum Gasteiger partial charge on any atom is -0.319 e. The number of hydrogen-bond acceptors (Lipinski definition) is 6. The van der Waals surface area contributed by atoms with Crippen molar-refractivity contribution in [1.82, 2.24) is 0 Å². The van der Waals surface area contributed by atoms with Crippen LogP contribution in [-0.4, -0.2) is 23.8 Å². The fraction of sp³-hybridized carbons (Fsp3) is 0.111. The van der Waals surface area contributed by atoms with Gasteiger partial charge in [0.15, 0.2) is 0 Å². The minimum atomic E-state index is -4.58. The van der Waals surface area contributed by atoms with E-state index in [9.17, 15) is 23.3 Å². The molecule has 1 aromatic carbocycles. The lowest BCUT2D eigenvalue weighted by Crippen LogP contribution is -2.12. The summed E-state index contributed by atoms with van der Waals surface area (Å²) in [7, 11) is -4.58. The smallest absolute Gasteiger partial charge is 0.294 e. The first-order valence-corrected chi connectivity index (χ1v) is 6.12. The summed E-state index contributed by atoms with van der Waals surface area (Å²) < 4.78 is 30.5. The Balaban J connectivity index is 3.24. The summed E-state index contributed by atoms with van der Waals surface area (Å²) in [6.45, 7) is 0. The first-order chi connectivity index (χ1) is 8.75. The van der Waals surface area contributed by atoms with Gasteiger partial charge in [0, 0.05) is 6.07 Å². The lowest BCUT2D eigenvalue weighted by Gasteiger charge is -2.05. The molecule has 2 N–H and O–H groups in total. The lowest BCUT2D eigenvalue weighted by atomic mass is 10.2. The molecule has 0 aliphatic heterocycles. The highest BCUT2D eigenvalue weighted by Gasteiger charge is 2.20. The predicted octanol–water partition coefficient (Wildman–Crippen LogP) is 0.694.